The molecule has 0 fully saturated rings. The van der Waals surface area contributed by atoms with Crippen LogP contribution in [0, 0.1) is 6.92 Å². The van der Waals surface area contributed by atoms with Gasteiger partial charge in [0.05, 0.1) is 26.4 Å². The number of nitrogens with zero attached hydrogens (tertiary/aromatic N) is 2. The predicted molar refractivity (Wildman–Crippen MR) is 94.4 cm³/mol. The Bertz CT molecular complexity index is 885. The van der Waals surface area contributed by atoms with Crippen molar-refractivity contribution in [2.45, 2.75) is 24.3 Å². The van der Waals surface area contributed by atoms with Gasteiger partial charge in [0, 0.05) is 0 Å². The van der Waals surface area contributed by atoms with Crippen molar-refractivity contribution in [2.24, 2.45) is 0 Å². The van der Waals surface area contributed by atoms with Crippen LogP contribution in [-0.2, 0) is 16.9 Å². The third-order valence-electron chi connectivity index (χ3n) is 3.67. The van der Waals surface area contributed by atoms with E-state index < -0.39 is 5.97 Å². The van der Waals surface area contributed by atoms with Gasteiger partial charge >= 0.3 is 5.97 Å². The molecule has 0 atom stereocenters. The van der Waals surface area contributed by atoms with E-state index >= 15 is 0 Å². The third kappa shape index (κ3) is 4.26. The molecule has 3 aromatic rings. The molecular weight excluding hydrogens is 356 g/mol. The van der Waals surface area contributed by atoms with E-state index in [4.69, 9.17) is 18.3 Å². The van der Waals surface area contributed by atoms with Gasteiger partial charge in [0.25, 0.3) is 5.22 Å². The Labute approximate surface area is 154 Å². The Morgan fingerprint density at radius 1 is 1.15 bits per heavy atom. The zero-order valence-electron chi connectivity index (χ0n) is 14.6. The van der Waals surface area contributed by atoms with Crippen LogP contribution < -0.4 is 4.74 Å². The van der Waals surface area contributed by atoms with Gasteiger partial charge in [-0.1, -0.05) is 23.9 Å². The number of methoxy groups -OCH3 is 2. The summed E-state index contributed by atoms with van der Waals surface area (Å²) in [5.41, 5.74) is 1.48. The number of thioether (sulfide) groups is 1. The molecule has 0 saturated heterocycles. The topological polar surface area (TPSA) is 87.6 Å². The Morgan fingerprint density at radius 3 is 2.62 bits per heavy atom. The summed E-state index contributed by atoms with van der Waals surface area (Å²) in [4.78, 5) is 11.6. The van der Waals surface area contributed by atoms with Gasteiger partial charge in [-0.25, -0.2) is 4.79 Å². The Morgan fingerprint density at radius 2 is 1.92 bits per heavy atom. The van der Waals surface area contributed by atoms with Gasteiger partial charge in [0.2, 0.25) is 5.89 Å². The molecule has 0 aliphatic carbocycles. The van der Waals surface area contributed by atoms with Crippen molar-refractivity contribution in [3.05, 3.63) is 58.9 Å². The fraction of sp³-hybridized carbons (Fsp3) is 0.278. The lowest BCUT2D eigenvalue weighted by atomic mass is 10.1. The summed E-state index contributed by atoms with van der Waals surface area (Å²) in [6.45, 7) is 1.72. The van der Waals surface area contributed by atoms with Gasteiger partial charge < -0.3 is 18.3 Å². The number of aromatic nitrogens is 2. The molecule has 0 aliphatic heterocycles. The quantitative estimate of drug-likeness (QED) is 0.457. The van der Waals surface area contributed by atoms with Crippen LogP contribution in [0.2, 0.25) is 0 Å². The maximum atomic E-state index is 11.6. The monoisotopic (exact) mass is 374 g/mol. The van der Waals surface area contributed by atoms with E-state index in [-0.39, 0.29) is 0 Å². The van der Waals surface area contributed by atoms with E-state index in [9.17, 15) is 4.79 Å². The fourth-order valence-corrected chi connectivity index (χ4v) is 3.01. The molecule has 0 unspecified atom stereocenters. The van der Waals surface area contributed by atoms with Crippen molar-refractivity contribution in [3.63, 3.8) is 0 Å². The molecule has 136 valence electrons. The molecule has 26 heavy (non-hydrogen) atoms. The summed E-state index contributed by atoms with van der Waals surface area (Å²) in [6.07, 6.45) is 0.546. The second kappa shape index (κ2) is 8.09. The number of furan rings is 1. The second-order valence-corrected chi connectivity index (χ2v) is 6.38. The summed E-state index contributed by atoms with van der Waals surface area (Å²) < 4.78 is 21.1. The van der Waals surface area contributed by atoms with E-state index in [1.54, 1.807) is 20.1 Å². The minimum Gasteiger partial charge on any atom is -0.497 e. The van der Waals surface area contributed by atoms with Crippen LogP contribution in [0.5, 0.6) is 5.75 Å². The normalized spacial score (nSPS) is 10.7. The molecule has 0 radical (unpaired) electrons. The lowest BCUT2D eigenvalue weighted by Gasteiger charge is -2.00. The van der Waals surface area contributed by atoms with Crippen molar-refractivity contribution >= 4 is 17.7 Å². The highest BCUT2D eigenvalue weighted by atomic mass is 32.2. The van der Waals surface area contributed by atoms with Crippen LogP contribution in [-0.4, -0.2) is 30.4 Å². The van der Waals surface area contributed by atoms with Crippen LogP contribution >= 0.6 is 11.8 Å². The molecule has 0 aliphatic rings. The first-order valence-electron chi connectivity index (χ1n) is 7.84. The highest BCUT2D eigenvalue weighted by Crippen LogP contribution is 2.25. The molecule has 0 saturated carbocycles. The lowest BCUT2D eigenvalue weighted by Crippen LogP contribution is -2.00. The Hall–Kier alpha value is -2.74. The van der Waals surface area contributed by atoms with Crippen LogP contribution in [0.4, 0.5) is 0 Å². The molecule has 0 spiro atoms. The smallest absolute Gasteiger partial charge is 0.341 e. The number of esters is 1. The molecule has 0 amide bonds. The molecule has 0 bridgehead atoms. The minimum absolute atomic E-state index is 0.415. The number of ether oxygens (including phenoxy) is 2. The summed E-state index contributed by atoms with van der Waals surface area (Å²) >= 11 is 1.35. The minimum atomic E-state index is -0.415. The average molecular weight is 374 g/mol. The van der Waals surface area contributed by atoms with Gasteiger partial charge in [-0.05, 0) is 30.7 Å². The third-order valence-corrected chi connectivity index (χ3v) is 4.52. The highest BCUT2D eigenvalue weighted by molar-refractivity contribution is 7.98. The maximum Gasteiger partial charge on any atom is 0.341 e. The van der Waals surface area contributed by atoms with Crippen molar-refractivity contribution in [1.82, 2.24) is 10.2 Å². The fourth-order valence-electron chi connectivity index (χ4n) is 2.35. The van der Waals surface area contributed by atoms with Crippen LogP contribution in [0.25, 0.3) is 0 Å². The zero-order valence-corrected chi connectivity index (χ0v) is 15.5. The summed E-state index contributed by atoms with van der Waals surface area (Å²) in [7, 11) is 2.97. The van der Waals surface area contributed by atoms with Crippen LogP contribution in [0.15, 0.2) is 44.4 Å². The van der Waals surface area contributed by atoms with Gasteiger partial charge in [0.15, 0.2) is 0 Å². The summed E-state index contributed by atoms with van der Waals surface area (Å²) in [5, 5.41) is 8.53. The predicted octanol–water partition coefficient (Wildman–Crippen LogP) is 3.65. The molecule has 1 aromatic carbocycles. The molecule has 0 N–H and O–H groups in total. The Kier molecular flexibility index (Phi) is 5.62. The number of hydrogen-bond donors (Lipinski definition) is 0. The van der Waals surface area contributed by atoms with Gasteiger partial charge in [-0.15, -0.1) is 10.2 Å². The van der Waals surface area contributed by atoms with E-state index in [1.165, 1.54) is 18.9 Å². The number of rotatable bonds is 7. The van der Waals surface area contributed by atoms with Crippen LogP contribution in [0.3, 0.4) is 0 Å². The molecule has 2 aromatic heterocycles. The first-order chi connectivity index (χ1) is 12.6. The molecular formula is C18H18N2O5S. The van der Waals surface area contributed by atoms with Crippen molar-refractivity contribution < 1.29 is 23.1 Å². The number of benzene rings is 1. The number of aryl methyl sites for hydroxylation is 1. The molecule has 2 heterocycles. The first kappa shape index (κ1) is 18.1. The second-order valence-electron chi connectivity index (χ2n) is 5.45. The van der Waals surface area contributed by atoms with Crippen molar-refractivity contribution in [1.29, 1.82) is 0 Å². The number of carbonyl (C=O) groups is 1. The van der Waals surface area contributed by atoms with Crippen molar-refractivity contribution in [3.8, 4) is 5.75 Å². The van der Waals surface area contributed by atoms with Gasteiger partial charge in [-0.3, -0.25) is 0 Å². The lowest BCUT2D eigenvalue weighted by molar-refractivity contribution is 0.0599. The van der Waals surface area contributed by atoms with E-state index in [0.717, 1.165) is 11.3 Å². The van der Waals surface area contributed by atoms with Crippen LogP contribution in [0.1, 0.15) is 33.3 Å². The number of carbonyl (C=O) groups excluding carboxylic acids is 1. The van der Waals surface area contributed by atoms with Gasteiger partial charge in [0.1, 0.15) is 22.8 Å². The standard InChI is InChI=1S/C18H18N2O5S/c1-11-15(17(21)23-3)9-14(24-11)10-26-18-20-19-16(25-18)8-12-4-6-13(22-2)7-5-12/h4-7,9H,8,10H2,1-3H3. The van der Waals surface area contributed by atoms with Gasteiger partial charge in [-0.2, -0.15) is 0 Å². The van der Waals surface area contributed by atoms with Crippen molar-refractivity contribution in [2.75, 3.05) is 14.2 Å². The summed E-state index contributed by atoms with van der Waals surface area (Å²) in [6, 6.07) is 9.35. The number of hydrogen-bond acceptors (Lipinski definition) is 8. The largest absolute Gasteiger partial charge is 0.497 e. The van der Waals surface area contributed by atoms with E-state index in [1.807, 2.05) is 24.3 Å². The summed E-state index contributed by atoms with van der Waals surface area (Å²) in [5.74, 6) is 2.56. The molecule has 8 heteroatoms. The highest BCUT2D eigenvalue weighted by Gasteiger charge is 2.16. The Balaban J connectivity index is 1.59. The van der Waals surface area contributed by atoms with E-state index in [0.29, 0.717) is 40.4 Å². The maximum absolute atomic E-state index is 11.6. The average Bonchev–Trinajstić information content (AvgIpc) is 3.26. The zero-order chi connectivity index (χ0) is 18.5. The SMILES string of the molecule is COC(=O)c1cc(CSc2nnc(Cc3ccc(OC)cc3)o2)oc1C. The molecule has 7 nitrogen and oxygen atoms in total. The first-order valence-corrected chi connectivity index (χ1v) is 8.83. The van der Waals surface area contributed by atoms with E-state index in [2.05, 4.69) is 10.2 Å². The molecule has 3 rings (SSSR count).